The van der Waals surface area contributed by atoms with Crippen molar-refractivity contribution in [3.05, 3.63) is 47.7 Å². The Labute approximate surface area is 126 Å². The molecule has 0 saturated carbocycles. The van der Waals surface area contributed by atoms with Crippen molar-refractivity contribution in [3.8, 4) is 0 Å². The van der Waals surface area contributed by atoms with Crippen molar-refractivity contribution in [2.75, 3.05) is 13.0 Å². The van der Waals surface area contributed by atoms with Gasteiger partial charge in [0.15, 0.2) is 0 Å². The second-order valence-corrected chi connectivity index (χ2v) is 5.67. The Bertz CT molecular complexity index is 766. The zero-order valence-corrected chi connectivity index (χ0v) is 11.4. The maximum Gasteiger partial charge on any atom is 0.534 e. The minimum Gasteiger partial charge on any atom is -0.381 e. The number of rotatable bonds is 4. The first-order valence-electron chi connectivity index (χ1n) is 7.79. The minimum atomic E-state index is -5.99. The summed E-state index contributed by atoms with van der Waals surface area (Å²) in [6.45, 7) is -5.20. The van der Waals surface area contributed by atoms with E-state index in [4.69, 9.17) is 5.48 Å². The van der Waals surface area contributed by atoms with Crippen LogP contribution in [0.2, 0.25) is 0 Å². The quantitative estimate of drug-likeness (QED) is 0.631. The van der Waals surface area contributed by atoms with Gasteiger partial charge in [0, 0.05) is 31.4 Å². The fourth-order valence-electron chi connectivity index (χ4n) is 1.53. The highest BCUT2D eigenvalue weighted by Gasteiger charge is 2.48. The predicted molar refractivity (Wildman–Crippen MR) is 70.5 cm³/mol. The number of halogens is 3. The first-order valence-corrected chi connectivity index (χ1v) is 7.20. The molecule has 4 nitrogen and oxygen atoms in total. The third-order valence-corrected chi connectivity index (χ3v) is 3.51. The van der Waals surface area contributed by atoms with Gasteiger partial charge in [0.25, 0.3) is 0 Å². The van der Waals surface area contributed by atoms with Crippen LogP contribution in [0.15, 0.2) is 42.2 Å². The molecule has 0 aromatic heterocycles. The topological polar surface area (TPSA) is 46.6 Å². The van der Waals surface area contributed by atoms with Gasteiger partial charge in [-0.3, -0.25) is 4.90 Å². The normalized spacial score (nSPS) is 25.0. The van der Waals surface area contributed by atoms with Gasteiger partial charge in [0.2, 0.25) is 0 Å². The van der Waals surface area contributed by atoms with Gasteiger partial charge in [-0.15, -0.1) is 0 Å². The molecule has 116 valence electrons. The minimum absolute atomic E-state index is 0.170. The Hall–Kier alpha value is -1.54. The van der Waals surface area contributed by atoms with Crippen LogP contribution in [0.5, 0.6) is 0 Å². The van der Waals surface area contributed by atoms with E-state index in [1.807, 2.05) is 0 Å². The Morgan fingerprint density at radius 3 is 2.52 bits per heavy atom. The lowest BCUT2D eigenvalue weighted by Gasteiger charge is -2.26. The van der Waals surface area contributed by atoms with Gasteiger partial charge < -0.3 is 4.18 Å². The Balaban J connectivity index is 2.32. The van der Waals surface area contributed by atoms with Crippen molar-refractivity contribution >= 4 is 10.1 Å². The molecule has 0 fully saturated rings. The predicted octanol–water partition coefficient (Wildman–Crippen LogP) is 2.64. The monoisotopic (exact) mass is 325 g/mol. The average molecular weight is 325 g/mol. The molecule has 0 amide bonds. The Morgan fingerprint density at radius 1 is 1.29 bits per heavy atom. The summed E-state index contributed by atoms with van der Waals surface area (Å²) >= 11 is 0. The van der Waals surface area contributed by atoms with Crippen LogP contribution in [0, 0.1) is 0 Å². The van der Waals surface area contributed by atoms with Crippen LogP contribution in [-0.2, 0) is 20.8 Å². The van der Waals surface area contributed by atoms with Crippen LogP contribution >= 0.6 is 0 Å². The average Bonchev–Trinajstić information content (AvgIpc) is 2.41. The zero-order valence-electron chi connectivity index (χ0n) is 14.6. The second kappa shape index (κ2) is 6.07. The largest absolute Gasteiger partial charge is 0.534 e. The molecule has 0 N–H and O–H groups in total. The molecule has 1 aromatic carbocycles. The van der Waals surface area contributed by atoms with E-state index < -0.39 is 40.8 Å². The van der Waals surface area contributed by atoms with Gasteiger partial charge in [-0.2, -0.15) is 21.6 Å². The van der Waals surface area contributed by atoms with E-state index in [1.54, 1.807) is 30.3 Å². The van der Waals surface area contributed by atoms with Gasteiger partial charge in [0.1, 0.15) is 5.76 Å². The summed E-state index contributed by atoms with van der Waals surface area (Å²) in [4.78, 5) is 0.780. The molecule has 8 heteroatoms. The van der Waals surface area contributed by atoms with Crippen molar-refractivity contribution in [1.29, 1.82) is 0 Å². The highest BCUT2D eigenvalue weighted by Crippen LogP contribution is 2.28. The molecule has 1 heterocycles. The highest BCUT2D eigenvalue weighted by atomic mass is 32.2. The van der Waals surface area contributed by atoms with Gasteiger partial charge in [-0.25, -0.2) is 0 Å². The first kappa shape index (κ1) is 11.1. The van der Waals surface area contributed by atoms with Crippen LogP contribution in [-0.4, -0.2) is 31.8 Å². The summed E-state index contributed by atoms with van der Waals surface area (Å²) in [5, 5.41) is 0. The molecule has 1 aliphatic rings. The molecule has 2 rings (SSSR count). The van der Waals surface area contributed by atoms with Crippen LogP contribution < -0.4 is 0 Å². The summed E-state index contributed by atoms with van der Waals surface area (Å²) in [5.41, 5.74) is -5.11. The lowest BCUT2D eigenvalue weighted by molar-refractivity contribution is -0.0525. The molecule has 0 saturated heterocycles. The standard InChI is InChI=1S/C13H14F3NO3S/c14-13(15,16)21(18,19)20-12-6-8-17(9-7-12)10-11-4-2-1-3-5-11/h1-6H,7-10H2/i8D2,9D2. The second-order valence-electron chi connectivity index (χ2n) is 4.13. The van der Waals surface area contributed by atoms with Crippen molar-refractivity contribution in [2.24, 2.45) is 0 Å². The molecule has 0 spiro atoms. The first-order chi connectivity index (χ1) is 11.2. The van der Waals surface area contributed by atoms with E-state index in [2.05, 4.69) is 4.18 Å². The summed E-state index contributed by atoms with van der Waals surface area (Å²) in [7, 11) is -5.99. The van der Waals surface area contributed by atoms with Crippen molar-refractivity contribution in [2.45, 2.75) is 18.5 Å². The third-order valence-electron chi connectivity index (χ3n) is 2.51. The van der Waals surface area contributed by atoms with Gasteiger partial charge in [-0.1, -0.05) is 30.3 Å². The Kier molecular flexibility index (Phi) is 3.20. The maximum atomic E-state index is 12.4. The van der Waals surface area contributed by atoms with Crippen LogP contribution in [0.4, 0.5) is 13.2 Å². The van der Waals surface area contributed by atoms with Crippen LogP contribution in [0.1, 0.15) is 17.5 Å². The fraction of sp³-hybridized carbons (Fsp3) is 0.385. The number of nitrogens with zero attached hydrogens (tertiary/aromatic N) is 1. The fourth-order valence-corrected chi connectivity index (χ4v) is 2.01. The molecule has 0 unspecified atom stereocenters. The number of hydrogen-bond donors (Lipinski definition) is 0. The number of benzene rings is 1. The smallest absolute Gasteiger partial charge is 0.381 e. The van der Waals surface area contributed by atoms with E-state index >= 15 is 0 Å². The van der Waals surface area contributed by atoms with E-state index in [0.717, 1.165) is 4.90 Å². The third kappa shape index (κ3) is 4.21. The summed E-state index contributed by atoms with van der Waals surface area (Å²) in [6.07, 6.45) is -0.310. The number of alkyl halides is 3. The molecule has 0 atom stereocenters. The molecular formula is C13H14F3NO3S. The van der Waals surface area contributed by atoms with Crippen LogP contribution in [0.3, 0.4) is 0 Å². The highest BCUT2D eigenvalue weighted by molar-refractivity contribution is 7.87. The van der Waals surface area contributed by atoms with Gasteiger partial charge in [0.05, 0.1) is 0 Å². The summed E-state index contributed by atoms with van der Waals surface area (Å²) in [6, 6.07) is 8.33. The molecule has 1 aliphatic heterocycles. The summed E-state index contributed by atoms with van der Waals surface area (Å²) in [5.74, 6) is -0.934. The van der Waals surface area contributed by atoms with E-state index in [-0.39, 0.29) is 6.54 Å². The maximum absolute atomic E-state index is 12.4. The van der Waals surface area contributed by atoms with E-state index in [9.17, 15) is 21.6 Å². The van der Waals surface area contributed by atoms with E-state index in [1.165, 1.54) is 0 Å². The lowest BCUT2D eigenvalue weighted by atomic mass is 10.1. The molecular weight excluding hydrogens is 307 g/mol. The molecule has 0 bridgehead atoms. The SMILES string of the molecule is [2H]C1([2H])C=C(OS(=O)(=O)C(F)(F)F)CC([2H])([2H])N1Cc1ccccc1. The molecule has 0 radical (unpaired) electrons. The molecule has 0 aliphatic carbocycles. The zero-order chi connectivity index (χ0) is 19.1. The van der Waals surface area contributed by atoms with Crippen LogP contribution in [0.25, 0.3) is 0 Å². The van der Waals surface area contributed by atoms with Gasteiger partial charge in [-0.05, 0) is 11.6 Å². The van der Waals surface area contributed by atoms with Crippen molar-refractivity contribution in [1.82, 2.24) is 4.90 Å². The number of hydrogen-bond acceptors (Lipinski definition) is 4. The summed E-state index contributed by atoms with van der Waals surface area (Å²) < 4.78 is 94.9. The lowest BCUT2D eigenvalue weighted by Crippen LogP contribution is -2.31. The Morgan fingerprint density at radius 2 is 1.95 bits per heavy atom. The van der Waals surface area contributed by atoms with Crippen molar-refractivity contribution < 1.29 is 31.3 Å². The molecule has 21 heavy (non-hydrogen) atoms. The van der Waals surface area contributed by atoms with E-state index in [0.29, 0.717) is 11.6 Å². The molecule has 1 aromatic rings. The van der Waals surface area contributed by atoms with Gasteiger partial charge >= 0.3 is 15.6 Å². The van der Waals surface area contributed by atoms with Crippen molar-refractivity contribution in [3.63, 3.8) is 0 Å².